The van der Waals surface area contributed by atoms with Crippen molar-refractivity contribution in [3.05, 3.63) is 59.9 Å². The number of carbonyl (C=O) groups excluding carboxylic acids is 1. The molecule has 9 heteroatoms. The normalized spacial score (nSPS) is 14.5. The Balaban J connectivity index is 1.73. The van der Waals surface area contributed by atoms with Crippen molar-refractivity contribution in [3.8, 4) is 11.5 Å². The number of benzene rings is 2. The van der Waals surface area contributed by atoms with Crippen molar-refractivity contribution in [2.45, 2.75) is 36.6 Å². The predicted molar refractivity (Wildman–Crippen MR) is 122 cm³/mol. The third kappa shape index (κ3) is 4.78. The number of piperazine rings is 1. The molecule has 0 aliphatic carbocycles. The lowest BCUT2D eigenvalue weighted by molar-refractivity contribution is -0.131. The highest BCUT2D eigenvalue weighted by molar-refractivity contribution is 7.91. The molecule has 1 aliphatic rings. The molecule has 2 heterocycles. The summed E-state index contributed by atoms with van der Waals surface area (Å²) in [5, 5.41) is -0.209. The van der Waals surface area contributed by atoms with Gasteiger partial charge in [-0.25, -0.2) is 12.8 Å². The first-order valence-corrected chi connectivity index (χ1v) is 12.4. The molecule has 4 rings (SSSR count). The molecule has 0 unspecified atom stereocenters. The van der Waals surface area contributed by atoms with E-state index in [-0.39, 0.29) is 27.6 Å². The zero-order chi connectivity index (χ0) is 23.6. The lowest BCUT2D eigenvalue weighted by Crippen LogP contribution is -2.48. The summed E-state index contributed by atoms with van der Waals surface area (Å²) in [4.78, 5) is 20.2. The van der Waals surface area contributed by atoms with Gasteiger partial charge in [-0.2, -0.15) is 4.98 Å². The summed E-state index contributed by atoms with van der Waals surface area (Å²) in [6.45, 7) is 5.66. The molecule has 0 saturated carbocycles. The van der Waals surface area contributed by atoms with Crippen LogP contribution in [-0.4, -0.2) is 50.4 Å². The number of carbonyl (C=O) groups is 1. The first kappa shape index (κ1) is 23.0. The summed E-state index contributed by atoms with van der Waals surface area (Å²) in [5.74, 6) is -0.103. The van der Waals surface area contributed by atoms with Crippen LogP contribution < -0.4 is 4.90 Å². The summed E-state index contributed by atoms with van der Waals surface area (Å²) >= 11 is 0. The summed E-state index contributed by atoms with van der Waals surface area (Å²) in [5.41, 5.74) is 1.65. The van der Waals surface area contributed by atoms with Gasteiger partial charge in [0, 0.05) is 38.2 Å². The maximum absolute atomic E-state index is 13.4. The second-order valence-electron chi connectivity index (χ2n) is 8.07. The minimum atomic E-state index is -4.07. The van der Waals surface area contributed by atoms with Gasteiger partial charge < -0.3 is 14.2 Å². The second kappa shape index (κ2) is 9.35. The van der Waals surface area contributed by atoms with Gasteiger partial charge >= 0.3 is 0 Å². The summed E-state index contributed by atoms with van der Waals surface area (Å²) in [6.07, 6.45) is 1.27. The highest BCUT2D eigenvalue weighted by Crippen LogP contribution is 2.35. The number of anilines is 1. The van der Waals surface area contributed by atoms with Crippen molar-refractivity contribution >= 4 is 21.6 Å². The van der Waals surface area contributed by atoms with Gasteiger partial charge in [-0.1, -0.05) is 24.6 Å². The average Bonchev–Trinajstić information content (AvgIpc) is 3.26. The summed E-state index contributed by atoms with van der Waals surface area (Å²) in [6, 6.07) is 12.1. The van der Waals surface area contributed by atoms with Gasteiger partial charge in [0.15, 0.2) is 0 Å². The van der Waals surface area contributed by atoms with Crippen LogP contribution >= 0.6 is 0 Å². The average molecular weight is 472 g/mol. The molecular weight excluding hydrogens is 445 g/mol. The van der Waals surface area contributed by atoms with Gasteiger partial charge in [-0.15, -0.1) is 0 Å². The molecule has 1 fully saturated rings. The Labute approximate surface area is 192 Å². The number of halogens is 1. The molecule has 1 amide bonds. The van der Waals surface area contributed by atoms with E-state index in [2.05, 4.69) is 4.98 Å². The van der Waals surface area contributed by atoms with Crippen molar-refractivity contribution in [2.75, 3.05) is 31.1 Å². The van der Waals surface area contributed by atoms with Crippen LogP contribution in [0.5, 0.6) is 0 Å². The molecule has 174 valence electrons. The molecule has 7 nitrogen and oxygen atoms in total. The standard InChI is InChI=1S/C24H26FN3O4S/c1-3-5-21(29)27-12-14-28(15-13-27)24-23(33(30,31)20-10-8-19(25)9-11-20)26-22(32-24)18-7-4-6-17(2)16-18/h4,6-11,16H,3,5,12-15H2,1-2H3. The number of rotatable bonds is 6. The highest BCUT2D eigenvalue weighted by atomic mass is 32.2. The zero-order valence-electron chi connectivity index (χ0n) is 18.6. The monoisotopic (exact) mass is 471 g/mol. The number of oxazole rings is 1. The van der Waals surface area contributed by atoms with Gasteiger partial charge in [0.1, 0.15) is 5.82 Å². The van der Waals surface area contributed by atoms with E-state index in [1.54, 1.807) is 15.9 Å². The molecule has 1 aliphatic heterocycles. The van der Waals surface area contributed by atoms with E-state index in [0.29, 0.717) is 38.2 Å². The fraction of sp³-hybridized carbons (Fsp3) is 0.333. The molecule has 0 bridgehead atoms. The van der Waals surface area contributed by atoms with E-state index in [0.717, 1.165) is 24.1 Å². The van der Waals surface area contributed by atoms with Crippen molar-refractivity contribution < 1.29 is 22.0 Å². The molecule has 2 aromatic carbocycles. The Morgan fingerprint density at radius 3 is 2.42 bits per heavy atom. The van der Waals surface area contributed by atoms with Gasteiger partial charge in [0.25, 0.3) is 0 Å². The van der Waals surface area contributed by atoms with Crippen molar-refractivity contribution in [1.82, 2.24) is 9.88 Å². The maximum Gasteiger partial charge on any atom is 0.236 e. The topological polar surface area (TPSA) is 83.7 Å². The largest absolute Gasteiger partial charge is 0.419 e. The molecule has 33 heavy (non-hydrogen) atoms. The molecule has 0 spiro atoms. The number of nitrogens with zero attached hydrogens (tertiary/aromatic N) is 3. The Kier molecular flexibility index (Phi) is 6.51. The van der Waals surface area contributed by atoms with Crippen LogP contribution in [-0.2, 0) is 14.6 Å². The Morgan fingerprint density at radius 1 is 1.09 bits per heavy atom. The fourth-order valence-corrected chi connectivity index (χ4v) is 5.15. The molecule has 0 atom stereocenters. The van der Waals surface area contributed by atoms with Gasteiger partial charge in [0.2, 0.25) is 32.5 Å². The molecule has 3 aromatic rings. The predicted octanol–water partition coefficient (Wildman–Crippen LogP) is 4.07. The smallest absolute Gasteiger partial charge is 0.236 e. The molecule has 0 radical (unpaired) electrons. The zero-order valence-corrected chi connectivity index (χ0v) is 19.4. The minimum Gasteiger partial charge on any atom is -0.419 e. The summed E-state index contributed by atoms with van der Waals surface area (Å²) < 4.78 is 46.3. The van der Waals surface area contributed by atoms with Crippen molar-refractivity contribution in [1.29, 1.82) is 0 Å². The highest BCUT2D eigenvalue weighted by Gasteiger charge is 2.33. The van der Waals surface area contributed by atoms with E-state index in [9.17, 15) is 17.6 Å². The molecule has 0 N–H and O–H groups in total. The number of aromatic nitrogens is 1. The summed E-state index contributed by atoms with van der Waals surface area (Å²) in [7, 11) is -4.07. The lowest BCUT2D eigenvalue weighted by atomic mass is 10.1. The molecule has 1 aromatic heterocycles. The van der Waals surface area contributed by atoms with Crippen LogP contribution in [0.15, 0.2) is 62.9 Å². The lowest BCUT2D eigenvalue weighted by Gasteiger charge is -2.34. The third-order valence-corrected chi connectivity index (χ3v) is 7.27. The SMILES string of the molecule is CCCC(=O)N1CCN(c2oc(-c3cccc(C)c3)nc2S(=O)(=O)c2ccc(F)cc2)CC1. The fourth-order valence-electron chi connectivity index (χ4n) is 3.83. The third-order valence-electron chi connectivity index (χ3n) is 5.61. The van der Waals surface area contributed by atoms with Crippen molar-refractivity contribution in [3.63, 3.8) is 0 Å². The van der Waals surface area contributed by atoms with Gasteiger partial charge in [-0.3, -0.25) is 4.79 Å². The van der Waals surface area contributed by atoms with Gasteiger partial charge in [0.05, 0.1) is 4.90 Å². The van der Waals surface area contributed by atoms with E-state index < -0.39 is 15.7 Å². The number of hydrogen-bond donors (Lipinski definition) is 0. The van der Waals surface area contributed by atoms with Crippen molar-refractivity contribution in [2.24, 2.45) is 0 Å². The maximum atomic E-state index is 13.4. The van der Waals surface area contributed by atoms with E-state index in [1.165, 1.54) is 12.1 Å². The number of sulfone groups is 1. The van der Waals surface area contributed by atoms with E-state index in [4.69, 9.17) is 4.42 Å². The first-order valence-electron chi connectivity index (χ1n) is 10.9. The number of hydrogen-bond acceptors (Lipinski definition) is 6. The quantitative estimate of drug-likeness (QED) is 0.504. The van der Waals surface area contributed by atoms with Crippen LogP contribution in [0.25, 0.3) is 11.5 Å². The van der Waals surface area contributed by atoms with Crippen LogP contribution in [0.4, 0.5) is 10.3 Å². The first-order chi connectivity index (χ1) is 15.8. The Bertz CT molecular complexity index is 1250. The van der Waals surface area contributed by atoms with Crippen LogP contribution in [0.2, 0.25) is 0 Å². The molecule has 1 saturated heterocycles. The van der Waals surface area contributed by atoms with Gasteiger partial charge in [-0.05, 0) is 49.7 Å². The van der Waals surface area contributed by atoms with E-state index in [1.807, 2.05) is 32.0 Å². The Morgan fingerprint density at radius 2 is 1.79 bits per heavy atom. The second-order valence-corrected chi connectivity index (χ2v) is 9.94. The Hall–Kier alpha value is -3.20. The number of amides is 1. The molecular formula is C24H26FN3O4S. The minimum absolute atomic E-state index is 0.0639. The number of aryl methyl sites for hydroxylation is 1. The van der Waals surface area contributed by atoms with E-state index >= 15 is 0 Å². The van der Waals surface area contributed by atoms with Crippen LogP contribution in [0.3, 0.4) is 0 Å². The van der Waals surface area contributed by atoms with Crippen LogP contribution in [0, 0.1) is 12.7 Å². The van der Waals surface area contributed by atoms with Crippen LogP contribution in [0.1, 0.15) is 25.3 Å².